The molecule has 1 fully saturated rings. The summed E-state index contributed by atoms with van der Waals surface area (Å²) in [4.78, 5) is 17.1. The quantitative estimate of drug-likeness (QED) is 0.832. The number of nitrogens with zero attached hydrogens (tertiary/aromatic N) is 1. The largest absolute Gasteiger partial charge is 0.298 e. The number of ketones is 1. The van der Waals surface area contributed by atoms with Crippen LogP contribution in [0, 0.1) is 0 Å². The highest BCUT2D eigenvalue weighted by Gasteiger charge is 2.37. The van der Waals surface area contributed by atoms with Gasteiger partial charge in [-0.15, -0.1) is 11.8 Å². The van der Waals surface area contributed by atoms with Gasteiger partial charge in [0.05, 0.1) is 16.9 Å². The van der Waals surface area contributed by atoms with Gasteiger partial charge in [0.2, 0.25) is 0 Å². The number of thioether (sulfide) groups is 2. The number of hydrogen-bond acceptors (Lipinski definition) is 4. The van der Waals surface area contributed by atoms with Crippen LogP contribution < -0.4 is 0 Å². The lowest BCUT2D eigenvalue weighted by Gasteiger charge is -2.28. The highest BCUT2D eigenvalue weighted by Crippen LogP contribution is 2.39. The first-order valence-corrected chi connectivity index (χ1v) is 8.58. The van der Waals surface area contributed by atoms with Crippen LogP contribution in [0.25, 0.3) is 0 Å². The molecule has 1 aromatic rings. The first-order chi connectivity index (χ1) is 8.77. The molecule has 0 bridgehead atoms. The lowest BCUT2D eigenvalue weighted by atomic mass is 9.97. The zero-order valence-corrected chi connectivity index (χ0v) is 12.1. The lowest BCUT2D eigenvalue weighted by Crippen LogP contribution is -2.34. The SMILES string of the molecule is CC1SCCSC1C(=O)C1CCc2cccnc21. The fraction of sp³-hybridized carbons (Fsp3) is 0.571. The number of aryl methyl sites for hydroxylation is 1. The molecule has 0 N–H and O–H groups in total. The minimum Gasteiger partial charge on any atom is -0.298 e. The van der Waals surface area contributed by atoms with Gasteiger partial charge in [-0.1, -0.05) is 13.0 Å². The molecule has 1 aliphatic heterocycles. The second-order valence-corrected chi connectivity index (χ2v) is 7.64. The molecule has 2 aliphatic rings. The van der Waals surface area contributed by atoms with E-state index in [0.29, 0.717) is 11.0 Å². The summed E-state index contributed by atoms with van der Waals surface area (Å²) in [6.45, 7) is 2.19. The van der Waals surface area contributed by atoms with Crippen molar-refractivity contribution in [3.8, 4) is 0 Å². The predicted octanol–water partition coefficient (Wildman–Crippen LogP) is 2.92. The van der Waals surface area contributed by atoms with Crippen molar-refractivity contribution in [3.05, 3.63) is 29.6 Å². The van der Waals surface area contributed by atoms with Gasteiger partial charge in [-0.2, -0.15) is 11.8 Å². The van der Waals surface area contributed by atoms with E-state index in [1.54, 1.807) is 0 Å². The number of carbonyl (C=O) groups excluding carboxylic acids is 1. The average molecular weight is 279 g/mol. The van der Waals surface area contributed by atoms with E-state index >= 15 is 0 Å². The van der Waals surface area contributed by atoms with E-state index in [4.69, 9.17) is 0 Å². The average Bonchev–Trinajstić information content (AvgIpc) is 2.82. The Bertz CT molecular complexity index is 463. The normalized spacial score (nSPS) is 31.1. The molecule has 3 unspecified atom stereocenters. The first kappa shape index (κ1) is 12.5. The molecule has 96 valence electrons. The zero-order valence-electron chi connectivity index (χ0n) is 10.5. The lowest BCUT2D eigenvalue weighted by molar-refractivity contribution is -0.120. The summed E-state index contributed by atoms with van der Waals surface area (Å²) in [5, 5.41) is 0.616. The molecule has 3 rings (SSSR count). The summed E-state index contributed by atoms with van der Waals surface area (Å²) in [6, 6.07) is 4.08. The number of Topliss-reactive ketones (excluding diaryl/α,β-unsaturated/α-hetero) is 1. The fourth-order valence-corrected chi connectivity index (χ4v) is 5.61. The maximum Gasteiger partial charge on any atom is 0.155 e. The molecular weight excluding hydrogens is 262 g/mol. The number of aromatic nitrogens is 1. The van der Waals surface area contributed by atoms with Crippen LogP contribution in [0.3, 0.4) is 0 Å². The summed E-state index contributed by atoms with van der Waals surface area (Å²) in [5.74, 6) is 2.75. The van der Waals surface area contributed by atoms with Gasteiger partial charge in [0.25, 0.3) is 0 Å². The second kappa shape index (κ2) is 5.25. The molecular formula is C14H17NOS2. The Kier molecular flexibility index (Phi) is 3.66. The molecule has 1 aliphatic carbocycles. The summed E-state index contributed by atoms with van der Waals surface area (Å²) in [7, 11) is 0. The van der Waals surface area contributed by atoms with Crippen molar-refractivity contribution in [3.63, 3.8) is 0 Å². The molecule has 0 aromatic carbocycles. The van der Waals surface area contributed by atoms with Crippen LogP contribution in [0.1, 0.15) is 30.5 Å². The number of pyridine rings is 1. The Morgan fingerprint density at radius 2 is 2.22 bits per heavy atom. The van der Waals surface area contributed by atoms with Crippen molar-refractivity contribution in [1.29, 1.82) is 0 Å². The van der Waals surface area contributed by atoms with Crippen molar-refractivity contribution >= 4 is 29.3 Å². The van der Waals surface area contributed by atoms with Crippen molar-refractivity contribution in [2.75, 3.05) is 11.5 Å². The highest BCUT2D eigenvalue weighted by atomic mass is 32.2. The van der Waals surface area contributed by atoms with Crippen molar-refractivity contribution < 1.29 is 4.79 Å². The molecule has 18 heavy (non-hydrogen) atoms. The van der Waals surface area contributed by atoms with E-state index in [9.17, 15) is 4.79 Å². The van der Waals surface area contributed by atoms with Crippen LogP contribution in [-0.4, -0.2) is 32.8 Å². The van der Waals surface area contributed by atoms with Gasteiger partial charge in [-0.25, -0.2) is 0 Å². The molecule has 0 saturated carbocycles. The maximum absolute atomic E-state index is 12.7. The molecule has 3 atom stereocenters. The molecule has 1 aromatic heterocycles. The Morgan fingerprint density at radius 1 is 1.39 bits per heavy atom. The Hall–Kier alpha value is -0.480. The molecule has 1 saturated heterocycles. The first-order valence-electron chi connectivity index (χ1n) is 6.48. The van der Waals surface area contributed by atoms with Crippen LogP contribution in [0.4, 0.5) is 0 Å². The minimum atomic E-state index is 0.0554. The molecule has 0 radical (unpaired) electrons. The van der Waals surface area contributed by atoms with Gasteiger partial charge >= 0.3 is 0 Å². The molecule has 4 heteroatoms. The second-order valence-electron chi connectivity index (χ2n) is 4.91. The molecule has 0 amide bonds. The van der Waals surface area contributed by atoms with Gasteiger partial charge in [0.15, 0.2) is 5.78 Å². The van der Waals surface area contributed by atoms with E-state index in [-0.39, 0.29) is 11.2 Å². The number of fused-ring (bicyclic) bond motifs is 1. The summed E-state index contributed by atoms with van der Waals surface area (Å²) in [5.41, 5.74) is 2.32. The number of carbonyl (C=O) groups is 1. The van der Waals surface area contributed by atoms with Gasteiger partial charge < -0.3 is 0 Å². The third kappa shape index (κ3) is 2.21. The molecule has 2 heterocycles. The van der Waals surface area contributed by atoms with Crippen LogP contribution in [0.15, 0.2) is 18.3 Å². The Morgan fingerprint density at radius 3 is 3.06 bits per heavy atom. The predicted molar refractivity (Wildman–Crippen MR) is 78.5 cm³/mol. The van der Waals surface area contributed by atoms with E-state index in [1.165, 1.54) is 11.3 Å². The smallest absolute Gasteiger partial charge is 0.155 e. The minimum absolute atomic E-state index is 0.0554. The van der Waals surface area contributed by atoms with Crippen LogP contribution in [0.2, 0.25) is 0 Å². The van der Waals surface area contributed by atoms with Gasteiger partial charge in [0.1, 0.15) is 0 Å². The third-order valence-electron chi connectivity index (χ3n) is 3.77. The molecule has 0 spiro atoms. The Labute approximate surface area is 116 Å². The van der Waals surface area contributed by atoms with E-state index in [1.807, 2.05) is 35.8 Å². The summed E-state index contributed by atoms with van der Waals surface area (Å²) in [6.07, 6.45) is 3.79. The summed E-state index contributed by atoms with van der Waals surface area (Å²) >= 11 is 3.78. The third-order valence-corrected chi connectivity index (χ3v) is 6.88. The molecule has 2 nitrogen and oxygen atoms in total. The zero-order chi connectivity index (χ0) is 12.5. The standard InChI is InChI=1S/C14H17NOS2/c1-9-14(18-8-7-17-9)13(16)11-5-4-10-3-2-6-15-12(10)11/h2-3,6,9,11,14H,4-5,7-8H2,1H3. The van der Waals surface area contributed by atoms with E-state index in [0.717, 1.165) is 24.3 Å². The van der Waals surface area contributed by atoms with Crippen molar-refractivity contribution in [2.24, 2.45) is 0 Å². The topological polar surface area (TPSA) is 30.0 Å². The summed E-state index contributed by atoms with van der Waals surface area (Å²) < 4.78 is 0. The van der Waals surface area contributed by atoms with Crippen molar-refractivity contribution in [2.45, 2.75) is 36.2 Å². The van der Waals surface area contributed by atoms with Gasteiger partial charge in [-0.3, -0.25) is 9.78 Å². The maximum atomic E-state index is 12.7. The van der Waals surface area contributed by atoms with Crippen LogP contribution in [0.5, 0.6) is 0 Å². The van der Waals surface area contributed by atoms with E-state index in [2.05, 4.69) is 18.0 Å². The fourth-order valence-electron chi connectivity index (χ4n) is 2.83. The Balaban J connectivity index is 1.82. The van der Waals surface area contributed by atoms with Crippen LogP contribution >= 0.6 is 23.5 Å². The van der Waals surface area contributed by atoms with Crippen LogP contribution in [-0.2, 0) is 11.2 Å². The van der Waals surface area contributed by atoms with E-state index < -0.39 is 0 Å². The van der Waals surface area contributed by atoms with Gasteiger partial charge in [0, 0.05) is 23.0 Å². The van der Waals surface area contributed by atoms with Crippen molar-refractivity contribution in [1.82, 2.24) is 4.98 Å². The number of hydrogen-bond donors (Lipinski definition) is 0. The monoisotopic (exact) mass is 279 g/mol. The van der Waals surface area contributed by atoms with Gasteiger partial charge in [-0.05, 0) is 24.5 Å². The highest BCUT2D eigenvalue weighted by molar-refractivity contribution is 8.07. The number of rotatable bonds is 2.